The van der Waals surface area contributed by atoms with Gasteiger partial charge in [-0.1, -0.05) is 36.4 Å². The third kappa shape index (κ3) is 8.77. The van der Waals surface area contributed by atoms with Crippen molar-refractivity contribution < 1.29 is 47.8 Å². The first-order valence-corrected chi connectivity index (χ1v) is 23.0. The maximum atomic E-state index is 14.0. The molecule has 340 valence electrons. The van der Waals surface area contributed by atoms with Gasteiger partial charge >= 0.3 is 5.97 Å². The van der Waals surface area contributed by atoms with Crippen molar-refractivity contribution in [2.45, 2.75) is 69.2 Å². The van der Waals surface area contributed by atoms with E-state index >= 15 is 0 Å². The molecule has 0 radical (unpaired) electrons. The molecule has 0 spiro atoms. The highest BCUT2D eigenvalue weighted by Gasteiger charge is 2.38. The number of benzene rings is 5. The van der Waals surface area contributed by atoms with Crippen LogP contribution in [0.5, 0.6) is 17.2 Å². The van der Waals surface area contributed by atoms with Crippen molar-refractivity contribution in [3.63, 3.8) is 0 Å². The first-order valence-electron chi connectivity index (χ1n) is 22.1. The number of hydrogen-bond donors (Lipinski definition) is 0. The number of carbonyl (C=O) groups is 5. The third-order valence-corrected chi connectivity index (χ3v) is 13.2. The summed E-state index contributed by atoms with van der Waals surface area (Å²) in [6.07, 6.45) is 4.97. The molecule has 15 nitrogen and oxygen atoms in total. The maximum absolute atomic E-state index is 14.0. The Kier molecular flexibility index (Phi) is 12.1. The summed E-state index contributed by atoms with van der Waals surface area (Å²) in [5.41, 5.74) is 8.46. The average molecular weight is 920 g/mol. The number of rotatable bonds is 15. The predicted octanol–water partition coefficient (Wildman–Crippen LogP) is 7.84. The van der Waals surface area contributed by atoms with Crippen LogP contribution in [0.25, 0.3) is 0 Å². The number of hydroxylamine groups is 2. The highest BCUT2D eigenvalue weighted by molar-refractivity contribution is 7.99. The molecule has 5 aromatic carbocycles. The van der Waals surface area contributed by atoms with Gasteiger partial charge < -0.3 is 23.8 Å². The Morgan fingerprint density at radius 2 is 1.25 bits per heavy atom. The highest BCUT2D eigenvalue weighted by atomic mass is 32.2. The molecule has 4 amide bonds. The van der Waals surface area contributed by atoms with Crippen LogP contribution in [0.15, 0.2) is 106 Å². The van der Waals surface area contributed by atoms with Gasteiger partial charge in [0.25, 0.3) is 23.6 Å². The quantitative estimate of drug-likeness (QED) is 0.0571. The summed E-state index contributed by atoms with van der Waals surface area (Å²) in [6, 6.07) is 28.6. The zero-order chi connectivity index (χ0) is 46.2. The van der Waals surface area contributed by atoms with Gasteiger partial charge in [0, 0.05) is 72.3 Å². The number of para-hydroxylation sites is 2. The molecule has 0 N–H and O–H groups in total. The fourth-order valence-corrected chi connectivity index (χ4v) is 9.88. The monoisotopic (exact) mass is 919 g/mol. The number of carbonyl (C=O) groups excluding carboxylic acids is 5. The summed E-state index contributed by atoms with van der Waals surface area (Å²) in [5, 5.41) is 0.528. The lowest BCUT2D eigenvalue weighted by molar-refractivity contribution is -0.198. The second kappa shape index (κ2) is 18.5. The van der Waals surface area contributed by atoms with E-state index in [-0.39, 0.29) is 63.0 Å². The number of anilines is 2. The molecule has 10 rings (SSSR count). The van der Waals surface area contributed by atoms with Crippen LogP contribution in [-0.4, -0.2) is 85.3 Å². The number of fused-ring (bicyclic) bond motifs is 8. The molecule has 0 bridgehead atoms. The lowest BCUT2D eigenvalue weighted by atomic mass is 10.1. The van der Waals surface area contributed by atoms with E-state index in [4.69, 9.17) is 33.8 Å². The van der Waals surface area contributed by atoms with Crippen LogP contribution in [0.3, 0.4) is 0 Å². The van der Waals surface area contributed by atoms with Crippen LogP contribution in [0.4, 0.5) is 22.7 Å². The number of amides is 4. The molecule has 0 saturated carbocycles. The van der Waals surface area contributed by atoms with E-state index in [0.717, 1.165) is 44.1 Å². The molecule has 2 atom stereocenters. The summed E-state index contributed by atoms with van der Waals surface area (Å²) in [6.45, 7) is 2.61. The summed E-state index contributed by atoms with van der Waals surface area (Å²) in [5.74, 6) is -0.0895. The number of imide groups is 1. The van der Waals surface area contributed by atoms with Gasteiger partial charge in [-0.25, -0.2) is 4.79 Å². The summed E-state index contributed by atoms with van der Waals surface area (Å²) in [4.78, 5) is 82.8. The van der Waals surface area contributed by atoms with Crippen LogP contribution < -0.4 is 24.0 Å². The van der Waals surface area contributed by atoms with Crippen molar-refractivity contribution >= 4 is 76.5 Å². The molecule has 0 aliphatic carbocycles. The molecule has 5 heterocycles. The van der Waals surface area contributed by atoms with Crippen molar-refractivity contribution in [2.24, 2.45) is 9.98 Å². The molecule has 5 aromatic rings. The van der Waals surface area contributed by atoms with Crippen LogP contribution in [0.1, 0.15) is 67.8 Å². The van der Waals surface area contributed by atoms with E-state index in [1.54, 1.807) is 28.8 Å². The zero-order valence-electron chi connectivity index (χ0n) is 36.8. The molecular weight excluding hydrogens is 875 g/mol. The molecule has 16 heteroatoms. The first kappa shape index (κ1) is 43.6. The number of hydrogen-bond acceptors (Lipinski definition) is 13. The zero-order valence-corrected chi connectivity index (χ0v) is 37.6. The second-order valence-electron chi connectivity index (χ2n) is 16.7. The van der Waals surface area contributed by atoms with E-state index in [1.165, 1.54) is 7.11 Å². The molecule has 67 heavy (non-hydrogen) atoms. The van der Waals surface area contributed by atoms with Crippen LogP contribution in [0.2, 0.25) is 0 Å². The van der Waals surface area contributed by atoms with Crippen LogP contribution >= 0.6 is 11.8 Å². The average Bonchev–Trinajstić information content (AvgIpc) is 3.95. The highest BCUT2D eigenvalue weighted by Crippen LogP contribution is 2.42. The van der Waals surface area contributed by atoms with Gasteiger partial charge in [-0.2, -0.15) is 0 Å². The number of methoxy groups -OCH3 is 1. The third-order valence-electron chi connectivity index (χ3n) is 12.2. The standard InChI is InChI=1S/C51H45N5O10S/c1-30-17-38-40(52-26-35-21-33-7-3-5-9-42(33)54(35)50(38)60)24-44(30)64-28-31-18-32(20-37(19-31)67-16-15-63-14-13-49(59)66-56-47(57)11-12-48(56)58)29-65-46-25-41-39(23-45(46)62-2)51(61)55-36(27-53-41)22-34-8-4-6-10-43(34)55/h3-10,17-20,23-27,35-36H,11-16,21-22,28-29H2,1-2H3/t35-,36-/m0/s1. The van der Waals surface area contributed by atoms with Crippen molar-refractivity contribution in [1.82, 2.24) is 5.06 Å². The molecular formula is C51H45N5O10S. The Labute approximate surface area is 390 Å². The minimum absolute atomic E-state index is 0.0241. The van der Waals surface area contributed by atoms with E-state index < -0.39 is 17.8 Å². The Balaban J connectivity index is 0.846. The minimum atomic E-state index is -0.724. The summed E-state index contributed by atoms with van der Waals surface area (Å²) in [7, 11) is 1.54. The molecule has 1 saturated heterocycles. The van der Waals surface area contributed by atoms with E-state index in [1.807, 2.05) is 103 Å². The Hall–Kier alpha value is -7.30. The Bertz CT molecular complexity index is 2900. The smallest absolute Gasteiger partial charge is 0.335 e. The number of nitrogens with zero attached hydrogens (tertiary/aromatic N) is 5. The topological polar surface area (TPSA) is 166 Å². The summed E-state index contributed by atoms with van der Waals surface area (Å²) >= 11 is 1.54. The molecule has 5 aliphatic heterocycles. The fourth-order valence-electron chi connectivity index (χ4n) is 8.97. The normalized spacial score (nSPS) is 17.6. The molecule has 1 fully saturated rings. The molecule has 0 aromatic heterocycles. The van der Waals surface area contributed by atoms with Gasteiger partial charge in [0.05, 0.1) is 61.3 Å². The van der Waals surface area contributed by atoms with Crippen LogP contribution in [-0.2, 0) is 50.0 Å². The van der Waals surface area contributed by atoms with Crippen molar-refractivity contribution in [3.8, 4) is 17.2 Å². The Morgan fingerprint density at radius 1 is 0.687 bits per heavy atom. The predicted molar refractivity (Wildman–Crippen MR) is 250 cm³/mol. The van der Waals surface area contributed by atoms with Crippen molar-refractivity contribution in [2.75, 3.05) is 35.9 Å². The van der Waals surface area contributed by atoms with Gasteiger partial charge in [-0.3, -0.25) is 39.0 Å². The fraction of sp³-hybridized carbons (Fsp3) is 0.275. The number of ether oxygens (including phenoxy) is 4. The maximum Gasteiger partial charge on any atom is 0.335 e. The number of aryl methyl sites for hydroxylation is 1. The first-order chi connectivity index (χ1) is 32.6. The molecule has 0 unspecified atom stereocenters. The second-order valence-corrected chi connectivity index (χ2v) is 17.8. The van der Waals surface area contributed by atoms with Gasteiger partial charge in [-0.15, -0.1) is 16.8 Å². The van der Waals surface area contributed by atoms with Crippen LogP contribution in [0, 0.1) is 6.92 Å². The lowest BCUT2D eigenvalue weighted by Crippen LogP contribution is -2.37. The Morgan fingerprint density at radius 3 is 1.87 bits per heavy atom. The van der Waals surface area contributed by atoms with E-state index in [2.05, 4.69) is 0 Å². The number of aliphatic imine (C=N–C) groups is 2. The minimum Gasteiger partial charge on any atom is -0.493 e. The van der Waals surface area contributed by atoms with E-state index in [0.29, 0.717) is 70.0 Å². The van der Waals surface area contributed by atoms with Gasteiger partial charge in [-0.05, 0) is 77.2 Å². The lowest BCUT2D eigenvalue weighted by Gasteiger charge is -2.22. The largest absolute Gasteiger partial charge is 0.493 e. The van der Waals surface area contributed by atoms with Crippen molar-refractivity contribution in [1.29, 1.82) is 0 Å². The number of thioether (sulfide) groups is 1. The van der Waals surface area contributed by atoms with Gasteiger partial charge in [0.1, 0.15) is 19.0 Å². The SMILES string of the molecule is COc1cc2c(cc1OCc1cc(COc3cc4c(cc3C)C(=O)N3c5ccccc5C[C@H]3C=N4)cc(SCCOCCC(=O)ON3C(=O)CCC3=O)c1)N=C[C@@H]1Cc3ccccc3N1C2=O. The van der Waals surface area contributed by atoms with Gasteiger partial charge in [0.2, 0.25) is 0 Å². The summed E-state index contributed by atoms with van der Waals surface area (Å²) < 4.78 is 24.4. The molecule has 5 aliphatic rings. The van der Waals surface area contributed by atoms with Crippen molar-refractivity contribution in [3.05, 3.63) is 130 Å². The van der Waals surface area contributed by atoms with E-state index in [9.17, 15) is 24.0 Å². The van der Waals surface area contributed by atoms with Gasteiger partial charge in [0.15, 0.2) is 11.5 Å².